The molecule has 1 atom stereocenters. The number of carbonyl (C=O) groups excluding carboxylic acids is 1. The van der Waals surface area contributed by atoms with Crippen molar-refractivity contribution in [3.05, 3.63) is 78.1 Å². The number of imidazole rings is 1. The molecule has 0 bridgehead atoms. The molecule has 180 valence electrons. The fourth-order valence-electron chi connectivity index (χ4n) is 4.84. The molecule has 0 N–H and O–H groups in total. The average molecular weight is 472 g/mol. The SMILES string of the molecule is COc1ccc(C(=O)N2CCCC(c3nc(-c4cccc(OC)c4)c4cccc(OC)n34)C2)cc1. The van der Waals surface area contributed by atoms with Gasteiger partial charge in [-0.2, -0.15) is 0 Å². The van der Waals surface area contributed by atoms with Gasteiger partial charge in [0.05, 0.1) is 32.5 Å². The Morgan fingerprint density at radius 2 is 1.69 bits per heavy atom. The van der Waals surface area contributed by atoms with Crippen LogP contribution in [-0.4, -0.2) is 54.6 Å². The summed E-state index contributed by atoms with van der Waals surface area (Å²) in [5, 5.41) is 0. The molecule has 7 heteroatoms. The standard InChI is InChI=1S/C28H29N3O4/c1-33-22-14-12-19(13-15-22)28(32)30-16-6-8-21(18-30)27-29-26(20-7-4-9-23(17-20)34-2)24-10-5-11-25(35-3)31(24)27/h4-5,7,9-15,17,21H,6,8,16,18H2,1-3H3. The number of rotatable bonds is 6. The Morgan fingerprint density at radius 3 is 2.43 bits per heavy atom. The van der Waals surface area contributed by atoms with E-state index in [4.69, 9.17) is 19.2 Å². The maximum Gasteiger partial charge on any atom is 0.253 e. The molecule has 1 aliphatic heterocycles. The number of fused-ring (bicyclic) bond motifs is 1. The third-order valence-corrected chi connectivity index (χ3v) is 6.62. The van der Waals surface area contributed by atoms with Crippen molar-refractivity contribution in [1.29, 1.82) is 0 Å². The molecule has 2 aromatic carbocycles. The van der Waals surface area contributed by atoms with Crippen molar-refractivity contribution < 1.29 is 19.0 Å². The molecule has 3 heterocycles. The topological polar surface area (TPSA) is 65.3 Å². The first-order chi connectivity index (χ1) is 17.1. The molecule has 0 aliphatic carbocycles. The van der Waals surface area contributed by atoms with Gasteiger partial charge < -0.3 is 19.1 Å². The van der Waals surface area contributed by atoms with Crippen LogP contribution in [0.1, 0.15) is 34.9 Å². The summed E-state index contributed by atoms with van der Waals surface area (Å²) in [6, 6.07) is 21.2. The largest absolute Gasteiger partial charge is 0.497 e. The maximum absolute atomic E-state index is 13.3. The first-order valence-electron chi connectivity index (χ1n) is 11.8. The summed E-state index contributed by atoms with van der Waals surface area (Å²) in [6.45, 7) is 1.32. The fourth-order valence-corrected chi connectivity index (χ4v) is 4.84. The molecule has 35 heavy (non-hydrogen) atoms. The highest BCUT2D eigenvalue weighted by atomic mass is 16.5. The molecule has 1 saturated heterocycles. The Labute approximate surface area is 204 Å². The lowest BCUT2D eigenvalue weighted by Gasteiger charge is -2.32. The van der Waals surface area contributed by atoms with Crippen LogP contribution in [0.3, 0.4) is 0 Å². The number of ether oxygens (including phenoxy) is 3. The van der Waals surface area contributed by atoms with Crippen molar-refractivity contribution in [3.8, 4) is 28.6 Å². The molecule has 1 unspecified atom stereocenters. The van der Waals surface area contributed by atoms with Gasteiger partial charge in [0.15, 0.2) is 5.88 Å². The predicted molar refractivity (Wildman–Crippen MR) is 135 cm³/mol. The smallest absolute Gasteiger partial charge is 0.253 e. The highest BCUT2D eigenvalue weighted by molar-refractivity contribution is 5.94. The van der Waals surface area contributed by atoms with Crippen LogP contribution < -0.4 is 14.2 Å². The highest BCUT2D eigenvalue weighted by Crippen LogP contribution is 2.36. The Kier molecular flexibility index (Phi) is 6.31. The molecule has 4 aromatic rings. The van der Waals surface area contributed by atoms with Gasteiger partial charge in [0.25, 0.3) is 5.91 Å². The number of amides is 1. The van der Waals surface area contributed by atoms with E-state index in [2.05, 4.69) is 10.5 Å². The van der Waals surface area contributed by atoms with E-state index in [1.807, 2.05) is 65.6 Å². The maximum atomic E-state index is 13.3. The minimum Gasteiger partial charge on any atom is -0.497 e. The van der Waals surface area contributed by atoms with Crippen LogP contribution in [0.5, 0.6) is 17.4 Å². The van der Waals surface area contributed by atoms with Gasteiger partial charge in [-0.25, -0.2) is 4.98 Å². The number of carbonyl (C=O) groups is 1. The summed E-state index contributed by atoms with van der Waals surface area (Å²) >= 11 is 0. The van der Waals surface area contributed by atoms with Gasteiger partial charge in [0.2, 0.25) is 0 Å². The van der Waals surface area contributed by atoms with E-state index < -0.39 is 0 Å². The zero-order valence-electron chi connectivity index (χ0n) is 20.2. The first kappa shape index (κ1) is 22.8. The summed E-state index contributed by atoms with van der Waals surface area (Å²) in [7, 11) is 4.95. The van der Waals surface area contributed by atoms with E-state index in [1.54, 1.807) is 21.3 Å². The van der Waals surface area contributed by atoms with Crippen LogP contribution in [0.15, 0.2) is 66.7 Å². The summed E-state index contributed by atoms with van der Waals surface area (Å²) in [5.74, 6) is 3.24. The molecule has 0 spiro atoms. The minimum atomic E-state index is 0.0261. The van der Waals surface area contributed by atoms with Crippen LogP contribution in [0, 0.1) is 0 Å². The fraction of sp³-hybridized carbons (Fsp3) is 0.286. The van der Waals surface area contributed by atoms with Crippen LogP contribution in [0.2, 0.25) is 0 Å². The molecule has 1 fully saturated rings. The molecule has 0 saturated carbocycles. The number of piperidine rings is 1. The van der Waals surface area contributed by atoms with Gasteiger partial charge in [-0.3, -0.25) is 9.20 Å². The minimum absolute atomic E-state index is 0.0261. The van der Waals surface area contributed by atoms with E-state index in [1.165, 1.54) is 0 Å². The number of likely N-dealkylation sites (tertiary alicyclic amines) is 1. The third-order valence-electron chi connectivity index (χ3n) is 6.62. The Morgan fingerprint density at radius 1 is 0.914 bits per heavy atom. The number of aromatic nitrogens is 2. The van der Waals surface area contributed by atoms with Crippen LogP contribution in [0.4, 0.5) is 0 Å². The van der Waals surface area contributed by atoms with Crippen molar-refractivity contribution in [2.24, 2.45) is 0 Å². The zero-order chi connectivity index (χ0) is 24.4. The summed E-state index contributed by atoms with van der Waals surface area (Å²) in [5.41, 5.74) is 3.47. The van der Waals surface area contributed by atoms with E-state index in [9.17, 15) is 4.79 Å². The number of hydrogen-bond acceptors (Lipinski definition) is 5. The van der Waals surface area contributed by atoms with E-state index in [0.717, 1.165) is 59.4 Å². The number of nitrogens with zero attached hydrogens (tertiary/aromatic N) is 3. The second-order valence-electron chi connectivity index (χ2n) is 8.66. The first-order valence-corrected chi connectivity index (χ1v) is 11.8. The normalized spacial score (nSPS) is 15.7. The van der Waals surface area contributed by atoms with Gasteiger partial charge >= 0.3 is 0 Å². The van der Waals surface area contributed by atoms with Gasteiger partial charge in [0, 0.05) is 30.1 Å². The number of benzene rings is 2. The van der Waals surface area contributed by atoms with E-state index in [-0.39, 0.29) is 11.8 Å². The second kappa shape index (κ2) is 9.70. The monoisotopic (exact) mass is 471 g/mol. The van der Waals surface area contributed by atoms with E-state index >= 15 is 0 Å². The lowest BCUT2D eigenvalue weighted by molar-refractivity contribution is 0.0704. The third kappa shape index (κ3) is 4.30. The Balaban J connectivity index is 1.52. The molecule has 5 rings (SSSR count). The molecular formula is C28H29N3O4. The quantitative estimate of drug-likeness (QED) is 0.394. The number of methoxy groups -OCH3 is 3. The second-order valence-corrected chi connectivity index (χ2v) is 8.66. The molecule has 2 aromatic heterocycles. The Hall–Kier alpha value is -4.00. The highest BCUT2D eigenvalue weighted by Gasteiger charge is 2.30. The van der Waals surface area contributed by atoms with Crippen LogP contribution >= 0.6 is 0 Å². The van der Waals surface area contributed by atoms with Gasteiger partial charge in [-0.15, -0.1) is 0 Å². The van der Waals surface area contributed by atoms with Crippen LogP contribution in [-0.2, 0) is 0 Å². The average Bonchev–Trinajstić information content (AvgIpc) is 3.33. The van der Waals surface area contributed by atoms with Crippen molar-refractivity contribution in [3.63, 3.8) is 0 Å². The molecule has 1 amide bonds. The summed E-state index contributed by atoms with van der Waals surface area (Å²) in [4.78, 5) is 20.3. The van der Waals surface area contributed by atoms with Crippen molar-refractivity contribution >= 4 is 11.4 Å². The predicted octanol–water partition coefficient (Wildman–Crippen LogP) is 5.05. The Bertz CT molecular complexity index is 1350. The van der Waals surface area contributed by atoms with E-state index in [0.29, 0.717) is 12.1 Å². The molecule has 1 aliphatic rings. The van der Waals surface area contributed by atoms with Crippen molar-refractivity contribution in [2.45, 2.75) is 18.8 Å². The summed E-state index contributed by atoms with van der Waals surface area (Å²) in [6.07, 6.45) is 1.85. The van der Waals surface area contributed by atoms with Gasteiger partial charge in [-0.1, -0.05) is 18.2 Å². The lowest BCUT2D eigenvalue weighted by Crippen LogP contribution is -2.39. The number of hydrogen-bond donors (Lipinski definition) is 0. The molecule has 7 nitrogen and oxygen atoms in total. The zero-order valence-corrected chi connectivity index (χ0v) is 20.2. The molecule has 0 radical (unpaired) electrons. The van der Waals surface area contributed by atoms with Crippen molar-refractivity contribution in [2.75, 3.05) is 34.4 Å². The molecular weight excluding hydrogens is 442 g/mol. The summed E-state index contributed by atoms with van der Waals surface area (Å²) < 4.78 is 18.5. The van der Waals surface area contributed by atoms with Gasteiger partial charge in [-0.05, 0) is 61.4 Å². The lowest BCUT2D eigenvalue weighted by atomic mass is 9.96. The van der Waals surface area contributed by atoms with Gasteiger partial charge in [0.1, 0.15) is 17.3 Å². The number of pyridine rings is 1. The van der Waals surface area contributed by atoms with Crippen LogP contribution in [0.25, 0.3) is 16.8 Å². The van der Waals surface area contributed by atoms with Crippen molar-refractivity contribution in [1.82, 2.24) is 14.3 Å².